The number of nitrogens with one attached hydrogen (secondary N) is 2. The van der Waals surface area contributed by atoms with Gasteiger partial charge in [-0.3, -0.25) is 4.90 Å². The number of sulfone groups is 1. The van der Waals surface area contributed by atoms with E-state index in [-0.39, 0.29) is 16.0 Å². The second kappa shape index (κ2) is 16.8. The van der Waals surface area contributed by atoms with E-state index in [0.717, 1.165) is 43.9 Å². The molecule has 0 aliphatic carbocycles. The van der Waals surface area contributed by atoms with E-state index in [1.165, 1.54) is 35.7 Å². The lowest BCUT2D eigenvalue weighted by Gasteiger charge is -2.48. The molecule has 4 aromatic rings. The second-order valence-electron chi connectivity index (χ2n) is 15.4. The minimum absolute atomic E-state index is 0.0348. The molecule has 0 unspecified atom stereocenters. The zero-order valence-electron chi connectivity index (χ0n) is 32.1. The highest BCUT2D eigenvalue weighted by molar-refractivity contribution is 7.92. The molecule has 0 amide bonds. The second-order valence-corrected chi connectivity index (χ2v) is 18.3. The van der Waals surface area contributed by atoms with Crippen molar-refractivity contribution in [3.8, 4) is 5.75 Å². The summed E-state index contributed by atoms with van der Waals surface area (Å²) in [5.74, 6) is 1.81. The van der Waals surface area contributed by atoms with E-state index in [0.29, 0.717) is 41.5 Å². The first-order valence-corrected chi connectivity index (χ1v) is 21.0. The quantitative estimate of drug-likeness (QED) is 0.146. The van der Waals surface area contributed by atoms with Gasteiger partial charge in [-0.2, -0.15) is 4.98 Å². The van der Waals surface area contributed by atoms with Gasteiger partial charge in [0.1, 0.15) is 10.8 Å². The van der Waals surface area contributed by atoms with Crippen LogP contribution in [0.15, 0.2) is 77.8 Å². The summed E-state index contributed by atoms with van der Waals surface area (Å²) < 4.78 is 32.5. The maximum atomic E-state index is 13.1. The number of nitrogens with zero attached hydrogens (tertiary/aromatic N) is 4. The molecular formula is C42H55ClN6O3S. The van der Waals surface area contributed by atoms with Crippen molar-refractivity contribution in [1.29, 1.82) is 0 Å². The van der Waals surface area contributed by atoms with E-state index in [9.17, 15) is 8.42 Å². The molecule has 2 aliphatic heterocycles. The summed E-state index contributed by atoms with van der Waals surface area (Å²) >= 11 is 6.53. The van der Waals surface area contributed by atoms with Gasteiger partial charge in [-0.1, -0.05) is 54.1 Å². The summed E-state index contributed by atoms with van der Waals surface area (Å²) in [6.45, 7) is 17.6. The number of hydrogen-bond acceptors (Lipinski definition) is 9. The fourth-order valence-corrected chi connectivity index (χ4v) is 9.34. The Morgan fingerprint density at radius 3 is 2.23 bits per heavy atom. The number of aryl methyl sites for hydroxylation is 1. The van der Waals surface area contributed by atoms with Gasteiger partial charge in [0.25, 0.3) is 0 Å². The predicted octanol–water partition coefficient (Wildman–Crippen LogP) is 9.52. The largest absolute Gasteiger partial charge is 0.489 e. The van der Waals surface area contributed by atoms with Crippen LogP contribution >= 0.6 is 11.6 Å². The third-order valence-corrected chi connectivity index (χ3v) is 13.3. The fourth-order valence-electron chi connectivity index (χ4n) is 8.00. The highest BCUT2D eigenvalue weighted by Gasteiger charge is 2.35. The van der Waals surface area contributed by atoms with Crippen molar-refractivity contribution in [2.45, 2.75) is 121 Å². The molecule has 11 heteroatoms. The van der Waals surface area contributed by atoms with Gasteiger partial charge < -0.3 is 20.3 Å². The average Bonchev–Trinajstić information content (AvgIpc) is 3.12. The molecule has 0 bridgehead atoms. The van der Waals surface area contributed by atoms with Crippen LogP contribution in [-0.2, 0) is 16.4 Å². The monoisotopic (exact) mass is 758 g/mol. The van der Waals surface area contributed by atoms with E-state index in [1.807, 2.05) is 13.8 Å². The molecule has 9 nitrogen and oxygen atoms in total. The molecule has 2 atom stereocenters. The van der Waals surface area contributed by atoms with Crippen LogP contribution in [0, 0.1) is 6.92 Å². The van der Waals surface area contributed by atoms with Crippen molar-refractivity contribution in [3.05, 3.63) is 94.6 Å². The van der Waals surface area contributed by atoms with Crippen molar-refractivity contribution in [2.24, 2.45) is 0 Å². The van der Waals surface area contributed by atoms with E-state index in [2.05, 4.69) is 93.6 Å². The van der Waals surface area contributed by atoms with Gasteiger partial charge in [0, 0.05) is 24.7 Å². The van der Waals surface area contributed by atoms with E-state index >= 15 is 0 Å². The molecule has 0 spiro atoms. The van der Waals surface area contributed by atoms with Crippen LogP contribution in [0.1, 0.15) is 89.8 Å². The SMILES string of the molecule is Cc1cc(Nc2ncc(Cl)c(Nc3ccccc3S(=O)(=O)C(C)C)n2)c(OC(C)C)cc1C1CCN(C2C[C@@H](C)N(Cc3ccccc3)[C@H](C)C2)CC1. The zero-order chi connectivity index (χ0) is 37.9. The molecule has 0 radical (unpaired) electrons. The first-order valence-electron chi connectivity index (χ1n) is 19.0. The van der Waals surface area contributed by atoms with Crippen LogP contribution in [-0.4, -0.2) is 70.8 Å². The van der Waals surface area contributed by atoms with Crippen LogP contribution in [0.5, 0.6) is 5.75 Å². The number of ether oxygens (including phenoxy) is 1. The third kappa shape index (κ3) is 9.16. The Hall–Kier alpha value is -3.70. The molecule has 0 saturated carbocycles. The van der Waals surface area contributed by atoms with Crippen molar-refractivity contribution in [3.63, 3.8) is 0 Å². The number of halogens is 1. The minimum atomic E-state index is -3.55. The molecule has 2 aliphatic rings. The van der Waals surface area contributed by atoms with Crippen LogP contribution < -0.4 is 15.4 Å². The highest BCUT2D eigenvalue weighted by Crippen LogP contribution is 2.40. The number of para-hydroxylation sites is 1. The van der Waals surface area contributed by atoms with Gasteiger partial charge in [0.2, 0.25) is 5.95 Å². The predicted molar refractivity (Wildman–Crippen MR) is 217 cm³/mol. The summed E-state index contributed by atoms with van der Waals surface area (Å²) in [5.41, 5.74) is 5.08. The number of piperidine rings is 2. The molecule has 53 heavy (non-hydrogen) atoms. The Balaban J connectivity index is 1.15. The Kier molecular flexibility index (Phi) is 12.3. The first kappa shape index (κ1) is 39.0. The Labute approximate surface area is 321 Å². The lowest BCUT2D eigenvalue weighted by Crippen LogP contribution is -2.53. The normalized spacial score (nSPS) is 20.5. The lowest BCUT2D eigenvalue weighted by atomic mass is 9.84. The van der Waals surface area contributed by atoms with E-state index in [4.69, 9.17) is 16.3 Å². The van der Waals surface area contributed by atoms with Crippen molar-refractivity contribution in [1.82, 2.24) is 19.8 Å². The Morgan fingerprint density at radius 2 is 1.57 bits per heavy atom. The molecular weight excluding hydrogens is 704 g/mol. The number of hydrogen-bond donors (Lipinski definition) is 2. The number of anilines is 4. The number of rotatable bonds is 12. The fraction of sp³-hybridized carbons (Fsp3) is 0.476. The van der Waals surface area contributed by atoms with Gasteiger partial charge in [0.15, 0.2) is 15.7 Å². The Bertz CT molecular complexity index is 1960. The van der Waals surface area contributed by atoms with Crippen molar-refractivity contribution in [2.75, 3.05) is 23.7 Å². The molecule has 2 saturated heterocycles. The van der Waals surface area contributed by atoms with Crippen molar-refractivity contribution >= 4 is 44.6 Å². The van der Waals surface area contributed by atoms with Gasteiger partial charge in [0.05, 0.1) is 33.8 Å². The number of aromatic nitrogens is 2. The Morgan fingerprint density at radius 1 is 0.906 bits per heavy atom. The van der Waals surface area contributed by atoms with Gasteiger partial charge in [-0.05, 0) is 134 Å². The lowest BCUT2D eigenvalue weighted by molar-refractivity contribution is 0.0205. The number of likely N-dealkylation sites (tertiary alicyclic amines) is 2. The van der Waals surface area contributed by atoms with Crippen LogP contribution in [0.3, 0.4) is 0 Å². The molecule has 6 rings (SSSR count). The molecule has 2 N–H and O–H groups in total. The van der Waals surface area contributed by atoms with Gasteiger partial charge in [-0.15, -0.1) is 0 Å². The maximum absolute atomic E-state index is 13.1. The molecule has 3 heterocycles. The topological polar surface area (TPSA) is 99.7 Å². The summed E-state index contributed by atoms with van der Waals surface area (Å²) in [6, 6.07) is 23.7. The highest BCUT2D eigenvalue weighted by atomic mass is 35.5. The third-order valence-electron chi connectivity index (χ3n) is 10.8. The summed E-state index contributed by atoms with van der Waals surface area (Å²) in [4.78, 5) is 14.7. The van der Waals surface area contributed by atoms with Crippen LogP contribution in [0.25, 0.3) is 0 Å². The van der Waals surface area contributed by atoms with E-state index in [1.54, 1.807) is 38.1 Å². The number of benzene rings is 3. The zero-order valence-corrected chi connectivity index (χ0v) is 33.7. The van der Waals surface area contributed by atoms with Crippen LogP contribution in [0.4, 0.5) is 23.1 Å². The molecule has 1 aromatic heterocycles. The van der Waals surface area contributed by atoms with Crippen LogP contribution in [0.2, 0.25) is 5.02 Å². The van der Waals surface area contributed by atoms with E-state index < -0.39 is 15.1 Å². The maximum Gasteiger partial charge on any atom is 0.229 e. The standard InChI is InChI=1S/C42H55ClN6O3S/c1-27(2)52-39-24-35(33-17-19-48(20-18-33)34-22-30(6)49(31(7)23-34)26-32-13-9-8-10-14-32)29(5)21-38(39)46-42-44-25-36(43)41(47-42)45-37-15-11-12-16-40(37)53(50,51)28(3)4/h8-16,21,24-25,27-28,30-31,33-34H,17-20,22-23,26H2,1-7H3,(H2,44,45,46,47)/t30-,31-/m1/s1. The van der Waals surface area contributed by atoms with Gasteiger partial charge in [-0.25, -0.2) is 13.4 Å². The van der Waals surface area contributed by atoms with Crippen molar-refractivity contribution < 1.29 is 13.2 Å². The summed E-state index contributed by atoms with van der Waals surface area (Å²) in [7, 11) is -3.55. The molecule has 284 valence electrons. The van der Waals surface area contributed by atoms with Gasteiger partial charge >= 0.3 is 0 Å². The molecule has 2 fully saturated rings. The smallest absolute Gasteiger partial charge is 0.229 e. The average molecular weight is 759 g/mol. The summed E-state index contributed by atoms with van der Waals surface area (Å²) in [6.07, 6.45) is 6.12. The summed E-state index contributed by atoms with van der Waals surface area (Å²) in [5, 5.41) is 6.20. The molecule has 3 aromatic carbocycles. The minimum Gasteiger partial charge on any atom is -0.489 e. The first-order chi connectivity index (χ1) is 25.3.